The normalized spacial score (nSPS) is 14.2. The minimum Gasteiger partial charge on any atom is -0.480 e. The number of carbonyl (C=O) groups is 5. The molecular formula is C22H34N6O6. The number of amides is 4. The van der Waals surface area contributed by atoms with E-state index in [0.29, 0.717) is 19.4 Å². The van der Waals surface area contributed by atoms with Crippen molar-refractivity contribution in [2.75, 3.05) is 6.54 Å². The number of benzene rings is 1. The smallest absolute Gasteiger partial charge is 0.326 e. The van der Waals surface area contributed by atoms with E-state index in [-0.39, 0.29) is 19.3 Å². The number of carbonyl (C=O) groups excluding carboxylic acids is 4. The predicted molar refractivity (Wildman–Crippen MR) is 124 cm³/mol. The zero-order valence-electron chi connectivity index (χ0n) is 19.2. The van der Waals surface area contributed by atoms with Gasteiger partial charge in [0.15, 0.2) is 0 Å². The molecule has 0 fully saturated rings. The molecule has 4 amide bonds. The van der Waals surface area contributed by atoms with E-state index in [4.69, 9.17) is 17.2 Å². The summed E-state index contributed by atoms with van der Waals surface area (Å²) < 4.78 is 0. The van der Waals surface area contributed by atoms with Gasteiger partial charge in [0.1, 0.15) is 18.1 Å². The molecule has 0 heterocycles. The maximum atomic E-state index is 12.9. The summed E-state index contributed by atoms with van der Waals surface area (Å²) in [6.45, 7) is 1.79. The van der Waals surface area contributed by atoms with E-state index in [1.807, 2.05) is 0 Å². The van der Waals surface area contributed by atoms with E-state index < -0.39 is 53.8 Å². The first-order valence-electron chi connectivity index (χ1n) is 11.0. The summed E-state index contributed by atoms with van der Waals surface area (Å²) >= 11 is 0. The van der Waals surface area contributed by atoms with Gasteiger partial charge in [0, 0.05) is 6.42 Å². The zero-order chi connectivity index (χ0) is 25.7. The largest absolute Gasteiger partial charge is 0.480 e. The van der Waals surface area contributed by atoms with Crippen LogP contribution >= 0.6 is 0 Å². The van der Waals surface area contributed by atoms with Crippen LogP contribution in [0.4, 0.5) is 0 Å². The second-order valence-corrected chi connectivity index (χ2v) is 7.94. The van der Waals surface area contributed by atoms with E-state index >= 15 is 0 Å². The Morgan fingerprint density at radius 2 is 1.53 bits per heavy atom. The van der Waals surface area contributed by atoms with Crippen LogP contribution in [0.3, 0.4) is 0 Å². The fourth-order valence-corrected chi connectivity index (χ4v) is 3.07. The van der Waals surface area contributed by atoms with Crippen molar-refractivity contribution >= 4 is 29.6 Å². The summed E-state index contributed by atoms with van der Waals surface area (Å²) in [6, 6.07) is 4.29. The summed E-state index contributed by atoms with van der Waals surface area (Å²) in [7, 11) is 0. The number of nitrogens with one attached hydrogen (secondary N) is 3. The molecule has 0 aromatic heterocycles. The average Bonchev–Trinajstić information content (AvgIpc) is 2.77. The quantitative estimate of drug-likeness (QED) is 0.141. The highest BCUT2D eigenvalue weighted by molar-refractivity contribution is 5.94. The maximum Gasteiger partial charge on any atom is 0.326 e. The molecule has 0 saturated carbocycles. The van der Waals surface area contributed by atoms with Crippen LogP contribution in [0, 0.1) is 0 Å². The summed E-state index contributed by atoms with van der Waals surface area (Å²) in [6.07, 6.45) is 1.01. The van der Waals surface area contributed by atoms with Gasteiger partial charge < -0.3 is 38.3 Å². The number of hydrogen-bond donors (Lipinski definition) is 7. The number of carboxylic acids is 1. The van der Waals surface area contributed by atoms with E-state index in [2.05, 4.69) is 16.0 Å². The van der Waals surface area contributed by atoms with Crippen molar-refractivity contribution in [3.8, 4) is 0 Å². The van der Waals surface area contributed by atoms with Gasteiger partial charge in [-0.15, -0.1) is 0 Å². The van der Waals surface area contributed by atoms with Gasteiger partial charge in [0.25, 0.3) is 0 Å². The van der Waals surface area contributed by atoms with Crippen molar-refractivity contribution in [2.24, 2.45) is 17.2 Å². The van der Waals surface area contributed by atoms with Crippen molar-refractivity contribution in [3.63, 3.8) is 0 Å². The van der Waals surface area contributed by atoms with Crippen LogP contribution in [-0.2, 0) is 30.4 Å². The summed E-state index contributed by atoms with van der Waals surface area (Å²) in [5, 5.41) is 16.8. The monoisotopic (exact) mass is 478 g/mol. The SMILES string of the molecule is C[C@H](NC(=O)[C@@H](N)CC(N)=O)C(=O)N[C@@H](Cc1ccccc1)C(=O)N[C@@H](CCCCN)C(=O)O. The molecular weight excluding hydrogens is 444 g/mol. The van der Waals surface area contributed by atoms with Crippen molar-refractivity contribution in [1.82, 2.24) is 16.0 Å². The lowest BCUT2D eigenvalue weighted by molar-refractivity contribution is -0.142. The molecule has 12 nitrogen and oxygen atoms in total. The fourth-order valence-electron chi connectivity index (χ4n) is 3.07. The van der Waals surface area contributed by atoms with Gasteiger partial charge in [-0.3, -0.25) is 19.2 Å². The minimum absolute atomic E-state index is 0.0927. The van der Waals surface area contributed by atoms with Gasteiger partial charge in [-0.2, -0.15) is 0 Å². The third kappa shape index (κ3) is 10.4. The Bertz CT molecular complexity index is 850. The third-order valence-corrected chi connectivity index (χ3v) is 4.99. The molecule has 0 unspecified atom stereocenters. The van der Waals surface area contributed by atoms with Gasteiger partial charge in [-0.25, -0.2) is 4.79 Å². The van der Waals surface area contributed by atoms with E-state index in [1.165, 1.54) is 6.92 Å². The summed E-state index contributed by atoms with van der Waals surface area (Å²) in [5.74, 6) is -4.08. The molecule has 0 radical (unpaired) electrons. The van der Waals surface area contributed by atoms with Gasteiger partial charge in [0.05, 0.1) is 12.5 Å². The van der Waals surface area contributed by atoms with Crippen molar-refractivity contribution < 1.29 is 29.1 Å². The number of rotatable bonds is 15. The molecule has 0 aliphatic rings. The number of carboxylic acid groups (broad SMARTS) is 1. The maximum absolute atomic E-state index is 12.9. The molecule has 0 spiro atoms. The number of primary amides is 1. The van der Waals surface area contributed by atoms with Crippen LogP contribution < -0.4 is 33.2 Å². The summed E-state index contributed by atoms with van der Waals surface area (Å²) in [5.41, 5.74) is 16.8. The standard InChI is InChI=1S/C22H34N6O6/c1-13(26-20(31)15(24)12-18(25)29)19(30)28-17(11-14-7-3-2-4-8-14)21(32)27-16(22(33)34)9-5-6-10-23/h2-4,7-8,13,15-17H,5-6,9-12,23-24H2,1H3,(H2,25,29)(H,26,31)(H,27,32)(H,28,30)(H,33,34)/t13-,15-,16-,17-/m0/s1. The Balaban J connectivity index is 2.91. The van der Waals surface area contributed by atoms with Gasteiger partial charge in [-0.1, -0.05) is 30.3 Å². The lowest BCUT2D eigenvalue weighted by atomic mass is 10.0. The number of hydrogen-bond acceptors (Lipinski definition) is 7. The minimum atomic E-state index is -1.22. The van der Waals surface area contributed by atoms with Crippen LogP contribution in [0.25, 0.3) is 0 Å². The predicted octanol–water partition coefficient (Wildman–Crippen LogP) is -1.88. The first-order chi connectivity index (χ1) is 16.0. The molecule has 1 aromatic rings. The van der Waals surface area contributed by atoms with Crippen LogP contribution in [-0.4, -0.2) is 65.4 Å². The van der Waals surface area contributed by atoms with Crippen LogP contribution in [0.15, 0.2) is 30.3 Å². The topological polar surface area (TPSA) is 220 Å². The highest BCUT2D eigenvalue weighted by Gasteiger charge is 2.29. The highest BCUT2D eigenvalue weighted by atomic mass is 16.4. The van der Waals surface area contributed by atoms with Gasteiger partial charge >= 0.3 is 5.97 Å². The lowest BCUT2D eigenvalue weighted by Gasteiger charge is -2.24. The molecule has 0 bridgehead atoms. The van der Waals surface area contributed by atoms with Crippen molar-refractivity contribution in [1.29, 1.82) is 0 Å². The van der Waals surface area contributed by atoms with Gasteiger partial charge in [0.2, 0.25) is 23.6 Å². The molecule has 4 atom stereocenters. The van der Waals surface area contributed by atoms with Crippen LogP contribution in [0.1, 0.15) is 38.2 Å². The molecule has 10 N–H and O–H groups in total. The van der Waals surface area contributed by atoms with Crippen LogP contribution in [0.2, 0.25) is 0 Å². The van der Waals surface area contributed by atoms with E-state index in [1.54, 1.807) is 30.3 Å². The Morgan fingerprint density at radius 3 is 2.09 bits per heavy atom. The molecule has 34 heavy (non-hydrogen) atoms. The fraction of sp³-hybridized carbons (Fsp3) is 0.500. The highest BCUT2D eigenvalue weighted by Crippen LogP contribution is 2.07. The van der Waals surface area contributed by atoms with Crippen molar-refractivity contribution in [3.05, 3.63) is 35.9 Å². The third-order valence-electron chi connectivity index (χ3n) is 4.99. The molecule has 12 heteroatoms. The van der Waals surface area contributed by atoms with Crippen LogP contribution in [0.5, 0.6) is 0 Å². The Morgan fingerprint density at radius 1 is 0.912 bits per heavy atom. The summed E-state index contributed by atoms with van der Waals surface area (Å²) in [4.78, 5) is 60.2. The Labute approximate surface area is 198 Å². The average molecular weight is 479 g/mol. The second kappa shape index (κ2) is 14.6. The molecule has 0 saturated heterocycles. The molecule has 1 rings (SSSR count). The number of nitrogens with two attached hydrogens (primary N) is 3. The molecule has 1 aromatic carbocycles. The van der Waals surface area contributed by atoms with Gasteiger partial charge in [-0.05, 0) is 38.3 Å². The molecule has 0 aliphatic carbocycles. The molecule has 0 aliphatic heterocycles. The molecule has 188 valence electrons. The Hall–Kier alpha value is -3.51. The van der Waals surface area contributed by atoms with E-state index in [0.717, 1.165) is 5.56 Å². The lowest BCUT2D eigenvalue weighted by Crippen LogP contribution is -2.57. The zero-order valence-corrected chi connectivity index (χ0v) is 19.2. The Kier molecular flexibility index (Phi) is 12.2. The van der Waals surface area contributed by atoms with E-state index in [9.17, 15) is 29.1 Å². The first kappa shape index (κ1) is 28.5. The number of aliphatic carboxylic acids is 1. The first-order valence-corrected chi connectivity index (χ1v) is 11.0. The number of unbranched alkanes of at least 4 members (excludes halogenated alkanes) is 1. The van der Waals surface area contributed by atoms with Crippen molar-refractivity contribution in [2.45, 2.75) is 63.2 Å². The second-order valence-electron chi connectivity index (χ2n) is 7.94.